The normalized spacial score (nSPS) is 16.2. The number of rotatable bonds is 18. The molecule has 17 nitrogen and oxygen atoms in total. The van der Waals surface area contributed by atoms with Gasteiger partial charge in [0, 0.05) is 58.4 Å². The minimum absolute atomic E-state index is 0.0455. The maximum atomic E-state index is 13.9. The van der Waals surface area contributed by atoms with E-state index in [1.165, 1.54) is 6.07 Å². The molecule has 1 aromatic carbocycles. The van der Waals surface area contributed by atoms with Crippen LogP contribution in [0.25, 0.3) is 0 Å². The van der Waals surface area contributed by atoms with Crippen LogP contribution >= 0.6 is 0 Å². The van der Waals surface area contributed by atoms with Crippen molar-refractivity contribution in [1.29, 1.82) is 5.26 Å². The zero-order chi connectivity index (χ0) is 39.1. The number of alkyl halides is 3. The predicted molar refractivity (Wildman–Crippen MR) is 190 cm³/mol. The van der Waals surface area contributed by atoms with Crippen LogP contribution in [-0.4, -0.2) is 118 Å². The Morgan fingerprint density at radius 3 is 2.06 bits per heavy atom. The number of halogens is 3. The van der Waals surface area contributed by atoms with Crippen molar-refractivity contribution >= 4 is 39.7 Å². The van der Waals surface area contributed by atoms with E-state index < -0.39 is 39.9 Å². The first-order valence-electron chi connectivity index (χ1n) is 17.5. The van der Waals surface area contributed by atoms with Crippen LogP contribution < -0.4 is 36.4 Å². The third kappa shape index (κ3) is 13.8. The van der Waals surface area contributed by atoms with Gasteiger partial charge < -0.3 is 41.1 Å². The van der Waals surface area contributed by atoms with Crippen molar-refractivity contribution < 1.29 is 45.3 Å². The number of anilines is 2. The van der Waals surface area contributed by atoms with Gasteiger partial charge in [0.05, 0.1) is 30.6 Å². The van der Waals surface area contributed by atoms with Gasteiger partial charge in [-0.15, -0.1) is 0 Å². The smallest absolute Gasteiger partial charge is 0.378 e. The number of carbonyl (C=O) groups excluding carboxylic acids is 3. The molecular formula is C33H45F3N10O7S. The molecule has 54 heavy (non-hydrogen) atoms. The summed E-state index contributed by atoms with van der Waals surface area (Å²) in [6.45, 7) is 2.49. The Labute approximate surface area is 311 Å². The molecule has 2 aliphatic rings. The van der Waals surface area contributed by atoms with E-state index in [2.05, 4.69) is 42.6 Å². The molecule has 2 aliphatic heterocycles. The Bertz CT molecular complexity index is 1720. The highest BCUT2D eigenvalue weighted by molar-refractivity contribution is 7.85. The van der Waals surface area contributed by atoms with E-state index >= 15 is 0 Å². The number of nitrogens with zero attached hydrogens (tertiary/aromatic N) is 5. The van der Waals surface area contributed by atoms with E-state index in [0.29, 0.717) is 70.4 Å². The number of hydrogen-bond acceptors (Lipinski definition) is 11. The largest absolute Gasteiger partial charge is 0.451 e. The molecule has 2 saturated heterocycles. The van der Waals surface area contributed by atoms with Crippen LogP contribution in [0.1, 0.15) is 42.6 Å². The molecule has 6 N–H and O–H groups in total. The molecule has 21 heteroatoms. The topological polar surface area (TPSA) is 231 Å². The predicted octanol–water partition coefficient (Wildman–Crippen LogP) is 1.41. The van der Waals surface area contributed by atoms with Crippen LogP contribution in [0.4, 0.5) is 34.4 Å². The first kappa shape index (κ1) is 41.8. The van der Waals surface area contributed by atoms with E-state index in [1.807, 2.05) is 12.1 Å². The minimum Gasteiger partial charge on any atom is -0.378 e. The molecule has 0 unspecified atom stereocenters. The molecule has 296 valence electrons. The van der Waals surface area contributed by atoms with Gasteiger partial charge in [0.2, 0.25) is 11.7 Å². The number of nitrogens with one attached hydrogen (secondary N) is 5. The average molecular weight is 783 g/mol. The van der Waals surface area contributed by atoms with Crippen molar-refractivity contribution in [2.75, 3.05) is 81.1 Å². The Morgan fingerprint density at radius 1 is 0.870 bits per heavy atom. The summed E-state index contributed by atoms with van der Waals surface area (Å²) >= 11 is 0. The zero-order valence-electron chi connectivity index (χ0n) is 29.5. The van der Waals surface area contributed by atoms with Crippen molar-refractivity contribution in [1.82, 2.24) is 36.6 Å². The number of nitriles is 1. The second-order valence-electron chi connectivity index (χ2n) is 12.7. The quantitative estimate of drug-likeness (QED) is 0.0932. The summed E-state index contributed by atoms with van der Waals surface area (Å²) in [5.41, 5.74) is 1.47. The third-order valence-electron chi connectivity index (χ3n) is 8.85. The summed E-state index contributed by atoms with van der Waals surface area (Å²) in [4.78, 5) is 47.6. The van der Waals surface area contributed by atoms with Gasteiger partial charge in [-0.1, -0.05) is 12.1 Å². The number of aromatic nitrogens is 2. The highest BCUT2D eigenvalue weighted by atomic mass is 32.2. The highest BCUT2D eigenvalue weighted by Gasteiger charge is 2.40. The second kappa shape index (κ2) is 19.9. The number of benzene rings is 1. The van der Waals surface area contributed by atoms with Crippen molar-refractivity contribution in [2.24, 2.45) is 5.92 Å². The second-order valence-corrected chi connectivity index (χ2v) is 14.3. The number of piperidine rings is 1. The van der Waals surface area contributed by atoms with Gasteiger partial charge in [-0.05, 0) is 55.7 Å². The van der Waals surface area contributed by atoms with Gasteiger partial charge in [-0.2, -0.15) is 26.9 Å². The number of ether oxygens (including phenoxy) is 1. The molecule has 2 fully saturated rings. The van der Waals surface area contributed by atoms with Gasteiger partial charge in [-0.3, -0.25) is 9.35 Å². The standard InChI is InChI=1S/C33H45F3N10O7S/c34-33(35,36)30-43-27(21-28(44-30)46-17-9-26(46)29(47)38-10-5-23-1-3-25(22-37)4-2-23)45-15-7-24(8-16-45)6-11-39-31(48)40-12-18-53-19-13-41-32(49)42-14-20-54(50,51)52/h1-4,21,24,26H,5-20H2,(H,38,47)(H2,39,40,48)(H2,41,42,49)(H,50,51,52)/t26-/m0/s1. The summed E-state index contributed by atoms with van der Waals surface area (Å²) in [6, 6.07) is 8.91. The molecule has 0 bridgehead atoms. The molecule has 0 aliphatic carbocycles. The number of amides is 5. The van der Waals surface area contributed by atoms with Gasteiger partial charge in [-0.25, -0.2) is 19.6 Å². The lowest BCUT2D eigenvalue weighted by atomic mass is 9.93. The van der Waals surface area contributed by atoms with Crippen molar-refractivity contribution in [3.05, 3.63) is 47.3 Å². The van der Waals surface area contributed by atoms with Crippen LogP contribution in [0.3, 0.4) is 0 Å². The fraction of sp³-hybridized carbons (Fsp3) is 0.576. The Kier molecular flexibility index (Phi) is 15.4. The minimum atomic E-state index is -4.78. The highest BCUT2D eigenvalue weighted by Crippen LogP contribution is 2.34. The average Bonchev–Trinajstić information content (AvgIpc) is 3.10. The summed E-state index contributed by atoms with van der Waals surface area (Å²) in [6.07, 6.45) is -1.74. The van der Waals surface area contributed by atoms with E-state index in [9.17, 15) is 36.0 Å². The molecule has 0 radical (unpaired) electrons. The summed E-state index contributed by atoms with van der Waals surface area (Å²) < 4.78 is 76.9. The first-order valence-corrected chi connectivity index (χ1v) is 19.1. The SMILES string of the molecule is N#Cc1ccc(CCNC(=O)[C@@H]2CCN2c2cc(N3CCC(CCNC(=O)NCCOCCNC(=O)NCCS(=O)(=O)O)CC3)nc(C(F)(F)F)n2)cc1. The Balaban J connectivity index is 1.14. The van der Waals surface area contributed by atoms with Crippen molar-refractivity contribution in [3.63, 3.8) is 0 Å². The van der Waals surface area contributed by atoms with Gasteiger partial charge in [0.15, 0.2) is 0 Å². The van der Waals surface area contributed by atoms with E-state index in [-0.39, 0.29) is 62.3 Å². The molecule has 4 rings (SSSR count). The van der Waals surface area contributed by atoms with Crippen molar-refractivity contribution in [2.45, 2.75) is 44.3 Å². The number of urea groups is 2. The van der Waals surface area contributed by atoms with Crippen LogP contribution in [0.15, 0.2) is 30.3 Å². The Hall–Kier alpha value is -4.94. The van der Waals surface area contributed by atoms with Crippen molar-refractivity contribution in [3.8, 4) is 6.07 Å². The fourth-order valence-corrected chi connectivity index (χ4v) is 6.18. The lowest BCUT2D eigenvalue weighted by Crippen LogP contribution is -2.57. The maximum absolute atomic E-state index is 13.9. The molecule has 2 aromatic rings. The van der Waals surface area contributed by atoms with E-state index in [4.69, 9.17) is 14.6 Å². The van der Waals surface area contributed by atoms with Crippen LogP contribution in [0.2, 0.25) is 0 Å². The summed E-state index contributed by atoms with van der Waals surface area (Å²) in [5, 5.41) is 22.0. The lowest BCUT2D eigenvalue weighted by molar-refractivity contribution is -0.144. The Morgan fingerprint density at radius 2 is 1.48 bits per heavy atom. The first-order chi connectivity index (χ1) is 25.7. The molecule has 3 heterocycles. The molecule has 1 aromatic heterocycles. The van der Waals surface area contributed by atoms with Crippen LogP contribution in [0, 0.1) is 17.2 Å². The third-order valence-corrected chi connectivity index (χ3v) is 9.57. The van der Waals surface area contributed by atoms with E-state index in [1.54, 1.807) is 21.9 Å². The summed E-state index contributed by atoms with van der Waals surface area (Å²) in [5.74, 6) is -1.73. The van der Waals surface area contributed by atoms with Gasteiger partial charge in [0.25, 0.3) is 10.1 Å². The van der Waals surface area contributed by atoms with E-state index in [0.717, 1.165) is 5.56 Å². The zero-order valence-corrected chi connectivity index (χ0v) is 30.3. The van der Waals surface area contributed by atoms with Gasteiger partial charge in [0.1, 0.15) is 17.7 Å². The van der Waals surface area contributed by atoms with Gasteiger partial charge >= 0.3 is 18.2 Å². The summed E-state index contributed by atoms with van der Waals surface area (Å²) in [7, 11) is -4.16. The number of carbonyl (C=O) groups is 3. The number of hydrogen-bond donors (Lipinski definition) is 6. The maximum Gasteiger partial charge on any atom is 0.451 e. The lowest BCUT2D eigenvalue weighted by Gasteiger charge is -2.41. The monoisotopic (exact) mass is 782 g/mol. The molecule has 5 amide bonds. The van der Waals surface area contributed by atoms with Crippen LogP contribution in [0.5, 0.6) is 0 Å². The molecular weight excluding hydrogens is 737 g/mol. The molecule has 0 spiro atoms. The fourth-order valence-electron chi connectivity index (χ4n) is 5.82. The molecule has 1 atom stereocenters. The molecule has 0 saturated carbocycles. The van der Waals surface area contributed by atoms with Crippen LogP contribution in [-0.2, 0) is 32.2 Å².